The largest absolute Gasteiger partial charge is 0.494 e. The van der Waals surface area contributed by atoms with Crippen LogP contribution < -0.4 is 10.1 Å². The van der Waals surface area contributed by atoms with Gasteiger partial charge in [-0.1, -0.05) is 26.0 Å². The predicted molar refractivity (Wildman–Crippen MR) is 109 cm³/mol. The number of aromatic nitrogens is 1. The number of amides is 1. The minimum absolute atomic E-state index is 0.1000. The molecule has 146 valence electrons. The van der Waals surface area contributed by atoms with Gasteiger partial charge in [-0.15, -0.1) is 0 Å². The van der Waals surface area contributed by atoms with Crippen LogP contribution in [-0.2, 0) is 6.54 Å². The van der Waals surface area contributed by atoms with Crippen LogP contribution in [0.2, 0.25) is 0 Å². The lowest BCUT2D eigenvalue weighted by molar-refractivity contribution is 0.0951. The van der Waals surface area contributed by atoms with Crippen molar-refractivity contribution in [1.29, 1.82) is 0 Å². The van der Waals surface area contributed by atoms with E-state index in [9.17, 15) is 4.79 Å². The standard InChI is InChI=1S/C22H31N3O2/c1-3-13-25(14-4-2)18-19-8-5-10-21(16-19)27-15-7-12-24-22(26)20-9-6-11-23-17-20/h5-6,8-11,16-17H,3-4,7,12-15,18H2,1-2H3,(H,24,26). The monoisotopic (exact) mass is 369 g/mol. The molecule has 27 heavy (non-hydrogen) atoms. The van der Waals surface area contributed by atoms with Crippen LogP contribution in [0.25, 0.3) is 0 Å². The molecule has 0 atom stereocenters. The Hall–Kier alpha value is -2.40. The van der Waals surface area contributed by atoms with Gasteiger partial charge in [-0.3, -0.25) is 14.7 Å². The zero-order valence-electron chi connectivity index (χ0n) is 16.5. The van der Waals surface area contributed by atoms with E-state index in [4.69, 9.17) is 4.74 Å². The van der Waals surface area contributed by atoms with Gasteiger partial charge in [0, 0.05) is 25.5 Å². The number of hydrogen-bond acceptors (Lipinski definition) is 4. The molecule has 5 nitrogen and oxygen atoms in total. The fourth-order valence-corrected chi connectivity index (χ4v) is 2.96. The molecular formula is C22H31N3O2. The summed E-state index contributed by atoms with van der Waals surface area (Å²) in [6, 6.07) is 11.8. The molecule has 2 aromatic rings. The molecule has 0 aliphatic rings. The zero-order chi connectivity index (χ0) is 19.3. The zero-order valence-corrected chi connectivity index (χ0v) is 16.5. The maximum atomic E-state index is 11.9. The average molecular weight is 370 g/mol. The van der Waals surface area contributed by atoms with E-state index in [2.05, 4.69) is 41.2 Å². The second-order valence-electron chi connectivity index (χ2n) is 6.62. The molecule has 1 aromatic carbocycles. The highest BCUT2D eigenvalue weighted by Crippen LogP contribution is 2.15. The lowest BCUT2D eigenvalue weighted by Gasteiger charge is -2.21. The molecule has 1 amide bonds. The van der Waals surface area contributed by atoms with Crippen LogP contribution in [0.1, 0.15) is 49.0 Å². The van der Waals surface area contributed by atoms with Crippen molar-refractivity contribution in [3.8, 4) is 5.75 Å². The van der Waals surface area contributed by atoms with Gasteiger partial charge in [0.25, 0.3) is 5.91 Å². The summed E-state index contributed by atoms with van der Waals surface area (Å²) >= 11 is 0. The summed E-state index contributed by atoms with van der Waals surface area (Å²) in [6.45, 7) is 8.79. The number of pyridine rings is 1. The molecule has 0 bridgehead atoms. The molecule has 0 saturated carbocycles. The third-order valence-corrected chi connectivity index (χ3v) is 4.18. The highest BCUT2D eigenvalue weighted by atomic mass is 16.5. The fraction of sp³-hybridized carbons (Fsp3) is 0.455. The summed E-state index contributed by atoms with van der Waals surface area (Å²) in [5, 5.41) is 2.89. The SMILES string of the molecule is CCCN(CCC)Cc1cccc(OCCCNC(=O)c2cccnc2)c1. The summed E-state index contributed by atoms with van der Waals surface area (Å²) in [5.74, 6) is 0.788. The van der Waals surface area contributed by atoms with Crippen LogP contribution in [0.5, 0.6) is 5.75 Å². The third kappa shape index (κ3) is 7.79. The number of nitrogens with zero attached hydrogens (tertiary/aromatic N) is 2. The van der Waals surface area contributed by atoms with E-state index in [-0.39, 0.29) is 5.91 Å². The van der Waals surface area contributed by atoms with Crippen LogP contribution in [0.3, 0.4) is 0 Å². The quantitative estimate of drug-likeness (QED) is 0.577. The maximum Gasteiger partial charge on any atom is 0.252 e. The number of rotatable bonds is 12. The Balaban J connectivity index is 1.72. The minimum Gasteiger partial charge on any atom is -0.494 e. The molecule has 0 saturated heterocycles. The smallest absolute Gasteiger partial charge is 0.252 e. The number of carbonyl (C=O) groups excluding carboxylic acids is 1. The van der Waals surface area contributed by atoms with Crippen molar-refractivity contribution < 1.29 is 9.53 Å². The molecule has 1 heterocycles. The van der Waals surface area contributed by atoms with Gasteiger partial charge >= 0.3 is 0 Å². The average Bonchev–Trinajstić information content (AvgIpc) is 2.69. The van der Waals surface area contributed by atoms with E-state index >= 15 is 0 Å². The normalized spacial score (nSPS) is 10.8. The third-order valence-electron chi connectivity index (χ3n) is 4.18. The molecule has 0 aliphatic heterocycles. The van der Waals surface area contributed by atoms with Crippen LogP contribution in [0.15, 0.2) is 48.8 Å². The number of benzene rings is 1. The Bertz CT molecular complexity index is 670. The lowest BCUT2D eigenvalue weighted by Crippen LogP contribution is -2.25. The Labute approximate surface area is 162 Å². The van der Waals surface area contributed by atoms with Crippen molar-refractivity contribution in [3.05, 3.63) is 59.9 Å². The predicted octanol–water partition coefficient (Wildman–Crippen LogP) is 3.90. The highest BCUT2D eigenvalue weighted by molar-refractivity contribution is 5.93. The Morgan fingerprint density at radius 1 is 1.15 bits per heavy atom. The summed E-state index contributed by atoms with van der Waals surface area (Å²) in [6.07, 6.45) is 6.32. The fourth-order valence-electron chi connectivity index (χ4n) is 2.96. The van der Waals surface area contributed by atoms with Crippen molar-refractivity contribution in [1.82, 2.24) is 15.2 Å². The van der Waals surface area contributed by atoms with E-state index in [0.717, 1.165) is 31.8 Å². The number of nitrogens with one attached hydrogen (secondary N) is 1. The van der Waals surface area contributed by atoms with E-state index in [1.807, 2.05) is 12.1 Å². The Morgan fingerprint density at radius 3 is 2.67 bits per heavy atom. The first-order chi connectivity index (χ1) is 13.2. The van der Waals surface area contributed by atoms with Crippen molar-refractivity contribution in [3.63, 3.8) is 0 Å². The van der Waals surface area contributed by atoms with Gasteiger partial charge in [0.15, 0.2) is 0 Å². The van der Waals surface area contributed by atoms with Crippen molar-refractivity contribution in [2.24, 2.45) is 0 Å². The first kappa shape index (κ1) is 20.9. The molecule has 0 unspecified atom stereocenters. The molecule has 1 N–H and O–H groups in total. The van der Waals surface area contributed by atoms with Crippen molar-refractivity contribution in [2.75, 3.05) is 26.2 Å². The Morgan fingerprint density at radius 2 is 1.96 bits per heavy atom. The van der Waals surface area contributed by atoms with Crippen LogP contribution in [0.4, 0.5) is 0 Å². The first-order valence-electron chi connectivity index (χ1n) is 9.85. The van der Waals surface area contributed by atoms with Gasteiger partial charge in [-0.05, 0) is 62.2 Å². The summed E-state index contributed by atoms with van der Waals surface area (Å²) in [5.41, 5.74) is 1.86. The summed E-state index contributed by atoms with van der Waals surface area (Å²) < 4.78 is 5.85. The first-order valence-corrected chi connectivity index (χ1v) is 9.85. The van der Waals surface area contributed by atoms with Gasteiger partial charge in [-0.25, -0.2) is 0 Å². The van der Waals surface area contributed by atoms with Crippen molar-refractivity contribution in [2.45, 2.75) is 39.7 Å². The number of carbonyl (C=O) groups is 1. The molecule has 1 aromatic heterocycles. The van der Waals surface area contributed by atoms with E-state index in [0.29, 0.717) is 18.7 Å². The molecule has 5 heteroatoms. The number of hydrogen-bond donors (Lipinski definition) is 1. The molecule has 0 aliphatic carbocycles. The van der Waals surface area contributed by atoms with E-state index in [1.165, 1.54) is 18.4 Å². The van der Waals surface area contributed by atoms with Crippen LogP contribution in [-0.4, -0.2) is 42.0 Å². The highest BCUT2D eigenvalue weighted by Gasteiger charge is 2.06. The lowest BCUT2D eigenvalue weighted by atomic mass is 10.2. The molecule has 0 fully saturated rings. The van der Waals surface area contributed by atoms with Crippen LogP contribution in [0, 0.1) is 0 Å². The summed E-state index contributed by atoms with van der Waals surface area (Å²) in [4.78, 5) is 18.4. The molecule has 0 spiro atoms. The topological polar surface area (TPSA) is 54.5 Å². The van der Waals surface area contributed by atoms with Crippen LogP contribution >= 0.6 is 0 Å². The molecular weight excluding hydrogens is 338 g/mol. The van der Waals surface area contributed by atoms with Gasteiger partial charge in [-0.2, -0.15) is 0 Å². The molecule has 2 rings (SSSR count). The van der Waals surface area contributed by atoms with E-state index < -0.39 is 0 Å². The molecule has 0 radical (unpaired) electrons. The van der Waals surface area contributed by atoms with Gasteiger partial charge in [0.1, 0.15) is 5.75 Å². The Kier molecular flexibility index (Phi) is 9.35. The summed E-state index contributed by atoms with van der Waals surface area (Å²) in [7, 11) is 0. The van der Waals surface area contributed by atoms with E-state index in [1.54, 1.807) is 24.5 Å². The maximum absolute atomic E-state index is 11.9. The minimum atomic E-state index is -0.1000. The second kappa shape index (κ2) is 12.1. The van der Waals surface area contributed by atoms with Gasteiger partial charge in [0.05, 0.1) is 12.2 Å². The van der Waals surface area contributed by atoms with Crippen molar-refractivity contribution >= 4 is 5.91 Å². The second-order valence-corrected chi connectivity index (χ2v) is 6.62. The number of ether oxygens (including phenoxy) is 1. The van der Waals surface area contributed by atoms with Gasteiger partial charge < -0.3 is 10.1 Å². The van der Waals surface area contributed by atoms with Gasteiger partial charge in [0.2, 0.25) is 0 Å².